The lowest BCUT2D eigenvalue weighted by Crippen LogP contribution is -2.15. The number of nitrogens with one attached hydrogen (secondary N) is 2. The quantitative estimate of drug-likeness (QED) is 0.501. The average Bonchev–Trinajstić information content (AvgIpc) is 2.60. The Morgan fingerprint density at radius 3 is 2.29 bits per heavy atom. The maximum absolute atomic E-state index is 13.3. The van der Waals surface area contributed by atoms with Crippen LogP contribution >= 0.6 is 0 Å². The molecule has 3 aromatic heterocycles. The molecule has 0 radical (unpaired) electrons. The molecule has 0 unspecified atom stereocenters. The number of pyridine rings is 1. The summed E-state index contributed by atoms with van der Waals surface area (Å²) in [5.41, 5.74) is -0.827. The van der Waals surface area contributed by atoms with Gasteiger partial charge in [0.05, 0.1) is 0 Å². The number of halogens is 4. The predicted octanol–water partition coefficient (Wildman–Crippen LogP) is 3.45. The number of hydrogen-bond acceptors (Lipinski definition) is 8. The predicted molar refractivity (Wildman–Crippen MR) is 92.1 cm³/mol. The highest BCUT2D eigenvalue weighted by Crippen LogP contribution is 2.28. The summed E-state index contributed by atoms with van der Waals surface area (Å²) in [5.74, 6) is -1.16. The van der Waals surface area contributed by atoms with Crippen LogP contribution in [0.2, 0.25) is 0 Å². The first-order valence-corrected chi connectivity index (χ1v) is 8.02. The van der Waals surface area contributed by atoms with E-state index in [9.17, 15) is 17.6 Å². The molecule has 0 atom stereocenters. The number of rotatable bonds is 5. The van der Waals surface area contributed by atoms with Gasteiger partial charge in [0.2, 0.25) is 23.7 Å². The van der Waals surface area contributed by atoms with Crippen LogP contribution in [0.5, 0.6) is 0 Å². The van der Waals surface area contributed by atoms with E-state index in [1.54, 1.807) is 0 Å². The van der Waals surface area contributed by atoms with Crippen molar-refractivity contribution in [3.63, 3.8) is 0 Å². The van der Waals surface area contributed by atoms with Crippen molar-refractivity contribution < 1.29 is 17.6 Å². The molecule has 2 N–H and O–H groups in total. The fourth-order valence-corrected chi connectivity index (χ4v) is 2.09. The number of alkyl halides is 3. The number of anilines is 3. The van der Waals surface area contributed by atoms with E-state index in [-0.39, 0.29) is 29.6 Å². The Balaban J connectivity index is 2.03. The van der Waals surface area contributed by atoms with Crippen LogP contribution in [-0.2, 0) is 6.18 Å². The SMILES string of the molecule is CC(C)Nc1nc(Nc2ccnc(F)c2)nc(-c2nccc(C(F)(F)F)n2)n1. The zero-order chi connectivity index (χ0) is 20.3. The van der Waals surface area contributed by atoms with Crippen molar-refractivity contribution in [2.75, 3.05) is 10.6 Å². The van der Waals surface area contributed by atoms with Crippen molar-refractivity contribution in [3.05, 3.63) is 42.2 Å². The van der Waals surface area contributed by atoms with Gasteiger partial charge in [-0.25, -0.2) is 15.0 Å². The van der Waals surface area contributed by atoms with E-state index < -0.39 is 17.8 Å². The minimum Gasteiger partial charge on any atom is -0.352 e. The van der Waals surface area contributed by atoms with E-state index in [2.05, 4.69) is 40.5 Å². The second kappa shape index (κ2) is 7.66. The fourth-order valence-electron chi connectivity index (χ4n) is 2.09. The van der Waals surface area contributed by atoms with Gasteiger partial charge in [-0.1, -0.05) is 0 Å². The molecule has 0 fully saturated rings. The molecule has 12 heteroatoms. The minimum atomic E-state index is -4.64. The van der Waals surface area contributed by atoms with E-state index in [1.807, 2.05) is 13.8 Å². The average molecular weight is 394 g/mol. The van der Waals surface area contributed by atoms with Gasteiger partial charge in [0.1, 0.15) is 5.69 Å². The summed E-state index contributed by atoms with van der Waals surface area (Å²) in [7, 11) is 0. The molecular weight excluding hydrogens is 380 g/mol. The molecule has 0 saturated carbocycles. The Labute approximate surface area is 156 Å². The second-order valence-corrected chi connectivity index (χ2v) is 5.86. The summed E-state index contributed by atoms with van der Waals surface area (Å²) in [6, 6.07) is 3.27. The summed E-state index contributed by atoms with van der Waals surface area (Å²) in [5, 5.41) is 5.68. The molecule has 3 aromatic rings. The van der Waals surface area contributed by atoms with Crippen LogP contribution in [0.25, 0.3) is 11.6 Å². The topological polar surface area (TPSA) is 101 Å². The third-order valence-electron chi connectivity index (χ3n) is 3.18. The van der Waals surface area contributed by atoms with Crippen molar-refractivity contribution in [1.29, 1.82) is 0 Å². The molecule has 0 aliphatic heterocycles. The van der Waals surface area contributed by atoms with Gasteiger partial charge in [-0.3, -0.25) is 0 Å². The first-order valence-electron chi connectivity index (χ1n) is 8.02. The molecule has 0 amide bonds. The lowest BCUT2D eigenvalue weighted by atomic mass is 10.4. The highest BCUT2D eigenvalue weighted by Gasteiger charge is 2.33. The summed E-state index contributed by atoms with van der Waals surface area (Å²) in [4.78, 5) is 23.0. The van der Waals surface area contributed by atoms with Gasteiger partial charge in [0.15, 0.2) is 5.82 Å². The van der Waals surface area contributed by atoms with Gasteiger partial charge >= 0.3 is 6.18 Å². The van der Waals surface area contributed by atoms with Crippen LogP contribution in [0.3, 0.4) is 0 Å². The van der Waals surface area contributed by atoms with Gasteiger partial charge in [-0.15, -0.1) is 0 Å². The maximum Gasteiger partial charge on any atom is 0.433 e. The lowest BCUT2D eigenvalue weighted by molar-refractivity contribution is -0.141. The van der Waals surface area contributed by atoms with E-state index >= 15 is 0 Å². The third-order valence-corrected chi connectivity index (χ3v) is 3.18. The van der Waals surface area contributed by atoms with Crippen LogP contribution in [0.4, 0.5) is 35.1 Å². The van der Waals surface area contributed by atoms with Gasteiger partial charge in [-0.05, 0) is 26.0 Å². The Hall–Kier alpha value is -3.44. The summed E-state index contributed by atoms with van der Waals surface area (Å²) in [6.07, 6.45) is -2.43. The Morgan fingerprint density at radius 1 is 0.893 bits per heavy atom. The van der Waals surface area contributed by atoms with Gasteiger partial charge in [0.25, 0.3) is 0 Å². The fraction of sp³-hybridized carbons (Fsp3) is 0.250. The molecular formula is C16H14F4N8. The highest BCUT2D eigenvalue weighted by atomic mass is 19.4. The van der Waals surface area contributed by atoms with E-state index in [0.717, 1.165) is 18.3 Å². The normalized spacial score (nSPS) is 11.5. The van der Waals surface area contributed by atoms with Crippen LogP contribution < -0.4 is 10.6 Å². The molecule has 0 saturated heterocycles. The van der Waals surface area contributed by atoms with Crippen molar-refractivity contribution in [1.82, 2.24) is 29.9 Å². The molecule has 3 heterocycles. The Bertz CT molecular complexity index is 977. The summed E-state index contributed by atoms with van der Waals surface area (Å²) < 4.78 is 52.1. The first kappa shape index (κ1) is 19.3. The van der Waals surface area contributed by atoms with Gasteiger partial charge in [-0.2, -0.15) is 32.5 Å². The van der Waals surface area contributed by atoms with Crippen LogP contribution in [0.1, 0.15) is 19.5 Å². The molecule has 8 nitrogen and oxygen atoms in total. The highest BCUT2D eigenvalue weighted by molar-refractivity contribution is 5.56. The standard InChI is InChI=1S/C16H14F4N8/c1-8(2)23-14-26-13(12-22-6-4-10(25-12)16(18,19)20)27-15(28-14)24-9-3-5-21-11(17)7-9/h3-8H,1-2H3,(H2,21,23,24,26,27,28). The van der Waals surface area contributed by atoms with E-state index in [1.165, 1.54) is 12.3 Å². The smallest absolute Gasteiger partial charge is 0.352 e. The molecule has 0 aromatic carbocycles. The van der Waals surface area contributed by atoms with Gasteiger partial charge < -0.3 is 10.6 Å². The number of hydrogen-bond donors (Lipinski definition) is 2. The Morgan fingerprint density at radius 2 is 1.61 bits per heavy atom. The number of aromatic nitrogens is 6. The van der Waals surface area contributed by atoms with Crippen LogP contribution in [0.15, 0.2) is 30.6 Å². The zero-order valence-corrected chi connectivity index (χ0v) is 14.7. The maximum atomic E-state index is 13.3. The first-order chi connectivity index (χ1) is 13.2. The van der Waals surface area contributed by atoms with Gasteiger partial charge in [0, 0.05) is 30.2 Å². The summed E-state index contributed by atoms with van der Waals surface area (Å²) in [6.45, 7) is 3.66. The van der Waals surface area contributed by atoms with Crippen LogP contribution in [0, 0.1) is 5.95 Å². The third kappa shape index (κ3) is 4.84. The van der Waals surface area contributed by atoms with E-state index in [0.29, 0.717) is 5.69 Å². The van der Waals surface area contributed by atoms with Crippen molar-refractivity contribution in [3.8, 4) is 11.6 Å². The van der Waals surface area contributed by atoms with Crippen molar-refractivity contribution in [2.24, 2.45) is 0 Å². The molecule has 0 aliphatic rings. The molecule has 3 rings (SSSR count). The zero-order valence-electron chi connectivity index (χ0n) is 14.7. The Kier molecular flexibility index (Phi) is 5.29. The lowest BCUT2D eigenvalue weighted by Gasteiger charge is -2.12. The molecule has 0 spiro atoms. The molecule has 146 valence electrons. The second-order valence-electron chi connectivity index (χ2n) is 5.86. The van der Waals surface area contributed by atoms with E-state index in [4.69, 9.17) is 0 Å². The van der Waals surface area contributed by atoms with Crippen LogP contribution in [-0.4, -0.2) is 35.9 Å². The molecule has 28 heavy (non-hydrogen) atoms. The van der Waals surface area contributed by atoms with Crippen molar-refractivity contribution in [2.45, 2.75) is 26.1 Å². The largest absolute Gasteiger partial charge is 0.433 e. The molecule has 0 bridgehead atoms. The molecule has 0 aliphatic carbocycles. The monoisotopic (exact) mass is 394 g/mol. The van der Waals surface area contributed by atoms with Crippen molar-refractivity contribution >= 4 is 17.6 Å². The number of nitrogens with zero attached hydrogens (tertiary/aromatic N) is 6. The minimum absolute atomic E-state index is 0.0280. The summed E-state index contributed by atoms with van der Waals surface area (Å²) >= 11 is 0.